The summed E-state index contributed by atoms with van der Waals surface area (Å²) in [5.41, 5.74) is 1.61. The van der Waals surface area contributed by atoms with Gasteiger partial charge in [0, 0.05) is 11.4 Å². The molecular formula is C22H20N2O5S. The van der Waals surface area contributed by atoms with Crippen LogP contribution in [0, 0.1) is 0 Å². The van der Waals surface area contributed by atoms with Gasteiger partial charge in [0.2, 0.25) is 5.91 Å². The lowest BCUT2D eigenvalue weighted by Crippen LogP contribution is -2.31. The van der Waals surface area contributed by atoms with Crippen LogP contribution in [0.25, 0.3) is 0 Å². The van der Waals surface area contributed by atoms with E-state index in [2.05, 4.69) is 5.32 Å². The summed E-state index contributed by atoms with van der Waals surface area (Å²) in [4.78, 5) is 51.0. The smallest absolute Gasteiger partial charge is 0.307 e. The molecule has 3 amide bonds. The number of fused-ring (bicyclic) bond motifs is 2. The first-order valence-corrected chi connectivity index (χ1v) is 10.6. The van der Waals surface area contributed by atoms with Crippen LogP contribution >= 0.6 is 11.8 Å². The lowest BCUT2D eigenvalue weighted by atomic mass is 10.1. The van der Waals surface area contributed by atoms with E-state index in [1.807, 2.05) is 24.3 Å². The van der Waals surface area contributed by atoms with E-state index in [-0.39, 0.29) is 37.3 Å². The number of carbonyl (C=O) groups is 4. The number of ether oxygens (including phenoxy) is 1. The molecule has 0 spiro atoms. The van der Waals surface area contributed by atoms with Gasteiger partial charge < -0.3 is 10.1 Å². The van der Waals surface area contributed by atoms with Crippen LogP contribution in [0.15, 0.2) is 53.4 Å². The number of nitrogens with zero attached hydrogens (tertiary/aromatic N) is 1. The fourth-order valence-electron chi connectivity index (χ4n) is 3.44. The van der Waals surface area contributed by atoms with Gasteiger partial charge in [-0.25, -0.2) is 0 Å². The molecule has 30 heavy (non-hydrogen) atoms. The number of hydrogen-bond acceptors (Lipinski definition) is 6. The van der Waals surface area contributed by atoms with Crippen molar-refractivity contribution >= 4 is 41.1 Å². The fourth-order valence-corrected chi connectivity index (χ4v) is 4.53. The Bertz CT molecular complexity index is 987. The summed E-state index contributed by atoms with van der Waals surface area (Å²) in [5, 5.41) is 2.28. The van der Waals surface area contributed by atoms with Crippen molar-refractivity contribution in [2.75, 3.05) is 18.5 Å². The molecule has 4 rings (SSSR count). The maximum absolute atomic E-state index is 12.3. The van der Waals surface area contributed by atoms with Gasteiger partial charge in [0.1, 0.15) is 0 Å². The number of esters is 1. The van der Waals surface area contributed by atoms with E-state index in [0.29, 0.717) is 24.0 Å². The van der Waals surface area contributed by atoms with Crippen LogP contribution in [0.3, 0.4) is 0 Å². The molecule has 2 heterocycles. The number of nitrogens with one attached hydrogen (secondary N) is 1. The van der Waals surface area contributed by atoms with Gasteiger partial charge in [0.15, 0.2) is 0 Å². The maximum atomic E-state index is 12.3. The fraction of sp³-hybridized carbons (Fsp3) is 0.273. The summed E-state index contributed by atoms with van der Waals surface area (Å²) in [6.07, 6.45) is 1.04. The highest BCUT2D eigenvalue weighted by Gasteiger charge is 2.34. The number of carbonyl (C=O) groups excluding carboxylic acids is 4. The summed E-state index contributed by atoms with van der Waals surface area (Å²) in [5.74, 6) is -1.22. The van der Waals surface area contributed by atoms with E-state index in [1.54, 1.807) is 24.3 Å². The number of unbranched alkanes of at least 4 members (excludes halogenated alkanes) is 1. The number of benzene rings is 2. The Labute approximate surface area is 177 Å². The summed E-state index contributed by atoms with van der Waals surface area (Å²) >= 11 is 1.35. The van der Waals surface area contributed by atoms with Crippen LogP contribution in [0.5, 0.6) is 0 Å². The quantitative estimate of drug-likeness (QED) is 0.417. The molecule has 2 aromatic carbocycles. The molecule has 2 aliphatic rings. The third-order valence-electron chi connectivity index (χ3n) is 4.98. The zero-order valence-electron chi connectivity index (χ0n) is 16.1. The number of imide groups is 1. The first-order chi connectivity index (χ1) is 14.5. The Kier molecular flexibility index (Phi) is 5.85. The van der Waals surface area contributed by atoms with Crippen LogP contribution in [-0.2, 0) is 14.3 Å². The first-order valence-electron chi connectivity index (χ1n) is 9.72. The van der Waals surface area contributed by atoms with Gasteiger partial charge >= 0.3 is 5.97 Å². The Morgan fingerprint density at radius 1 is 0.967 bits per heavy atom. The topological polar surface area (TPSA) is 92.8 Å². The number of thioether (sulfide) groups is 1. The molecule has 0 aliphatic carbocycles. The average Bonchev–Trinajstić information content (AvgIpc) is 2.99. The number of hydrogen-bond donors (Lipinski definition) is 1. The minimum absolute atomic E-state index is 0.0107. The second-order valence-corrected chi connectivity index (χ2v) is 8.28. The van der Waals surface area contributed by atoms with Crippen LogP contribution in [0.2, 0.25) is 0 Å². The Morgan fingerprint density at radius 2 is 1.63 bits per heavy atom. The lowest BCUT2D eigenvalue weighted by molar-refractivity contribution is -0.144. The molecule has 0 unspecified atom stereocenters. The normalized spacial score (nSPS) is 17.4. The lowest BCUT2D eigenvalue weighted by Gasteiger charge is -2.23. The first kappa shape index (κ1) is 20.2. The van der Waals surface area contributed by atoms with Crippen LogP contribution in [-0.4, -0.2) is 47.0 Å². The maximum Gasteiger partial charge on any atom is 0.307 e. The van der Waals surface area contributed by atoms with Gasteiger partial charge in [-0.05, 0) is 37.1 Å². The molecule has 1 atom stereocenters. The standard InChI is InChI=1S/C22H20N2O5S/c25-19(13-18-20(26)23-16-9-3-4-10-17(16)30-18)29-12-6-5-11-24-21(27)14-7-1-2-8-15(14)22(24)28/h1-4,7-10,18H,5-6,11-13H2,(H,23,26)/t18-/m1/s1. The van der Waals surface area contributed by atoms with Crippen molar-refractivity contribution in [1.29, 1.82) is 0 Å². The van der Waals surface area contributed by atoms with Gasteiger partial charge in [-0.1, -0.05) is 24.3 Å². The van der Waals surface area contributed by atoms with Crippen molar-refractivity contribution in [3.05, 3.63) is 59.7 Å². The monoisotopic (exact) mass is 424 g/mol. The van der Waals surface area contributed by atoms with E-state index < -0.39 is 11.2 Å². The minimum Gasteiger partial charge on any atom is -0.466 e. The zero-order valence-corrected chi connectivity index (χ0v) is 16.9. The molecule has 0 saturated heterocycles. The third-order valence-corrected chi connectivity index (χ3v) is 6.25. The molecule has 0 saturated carbocycles. The SMILES string of the molecule is O=C(C[C@H]1Sc2ccccc2NC1=O)OCCCCN1C(=O)c2ccccc2C1=O. The van der Waals surface area contributed by atoms with E-state index in [4.69, 9.17) is 4.74 Å². The van der Waals surface area contributed by atoms with Crippen molar-refractivity contribution in [2.24, 2.45) is 0 Å². The van der Waals surface area contributed by atoms with Gasteiger partial charge in [-0.3, -0.25) is 24.1 Å². The molecule has 0 fully saturated rings. The highest BCUT2D eigenvalue weighted by molar-refractivity contribution is 8.01. The molecule has 0 bridgehead atoms. The van der Waals surface area contributed by atoms with E-state index in [9.17, 15) is 19.2 Å². The molecular weight excluding hydrogens is 404 g/mol. The third kappa shape index (κ3) is 4.09. The van der Waals surface area contributed by atoms with Gasteiger partial charge in [0.25, 0.3) is 11.8 Å². The second-order valence-electron chi connectivity index (χ2n) is 7.03. The van der Waals surface area contributed by atoms with Crippen LogP contribution < -0.4 is 5.32 Å². The minimum atomic E-state index is -0.522. The number of rotatable bonds is 7. The van der Waals surface area contributed by atoms with Crippen molar-refractivity contribution in [3.8, 4) is 0 Å². The highest BCUT2D eigenvalue weighted by Crippen LogP contribution is 2.36. The number of anilines is 1. The van der Waals surface area contributed by atoms with Gasteiger partial charge in [-0.15, -0.1) is 11.8 Å². The Balaban J connectivity index is 1.19. The molecule has 8 heteroatoms. The zero-order chi connectivity index (χ0) is 21.1. The molecule has 154 valence electrons. The summed E-state index contributed by atoms with van der Waals surface area (Å²) < 4.78 is 5.24. The van der Waals surface area contributed by atoms with E-state index >= 15 is 0 Å². The van der Waals surface area contributed by atoms with E-state index in [1.165, 1.54) is 16.7 Å². The van der Waals surface area contributed by atoms with Gasteiger partial charge in [0.05, 0.1) is 35.1 Å². The summed E-state index contributed by atoms with van der Waals surface area (Å²) in [6, 6.07) is 14.2. The molecule has 7 nitrogen and oxygen atoms in total. The van der Waals surface area contributed by atoms with Crippen molar-refractivity contribution in [2.45, 2.75) is 29.4 Å². The summed E-state index contributed by atoms with van der Waals surface area (Å²) in [6.45, 7) is 0.457. The number of para-hydroxylation sites is 1. The van der Waals surface area contributed by atoms with Gasteiger partial charge in [-0.2, -0.15) is 0 Å². The van der Waals surface area contributed by atoms with Crippen LogP contribution in [0.4, 0.5) is 5.69 Å². The van der Waals surface area contributed by atoms with E-state index in [0.717, 1.165) is 10.6 Å². The predicted octanol–water partition coefficient (Wildman–Crippen LogP) is 3.11. The summed E-state index contributed by atoms with van der Waals surface area (Å²) in [7, 11) is 0. The number of amides is 3. The molecule has 0 radical (unpaired) electrons. The molecule has 0 aromatic heterocycles. The second kappa shape index (κ2) is 8.71. The van der Waals surface area contributed by atoms with Crippen molar-refractivity contribution < 1.29 is 23.9 Å². The Hall–Kier alpha value is -3.13. The van der Waals surface area contributed by atoms with Crippen molar-refractivity contribution in [1.82, 2.24) is 4.90 Å². The predicted molar refractivity (Wildman–Crippen MR) is 111 cm³/mol. The Morgan fingerprint density at radius 3 is 2.37 bits per heavy atom. The largest absolute Gasteiger partial charge is 0.466 e. The van der Waals surface area contributed by atoms with Crippen molar-refractivity contribution in [3.63, 3.8) is 0 Å². The molecule has 2 aromatic rings. The van der Waals surface area contributed by atoms with Crippen LogP contribution in [0.1, 0.15) is 40.0 Å². The molecule has 1 N–H and O–H groups in total. The average molecular weight is 424 g/mol. The highest BCUT2D eigenvalue weighted by atomic mass is 32.2. The molecule has 2 aliphatic heterocycles.